The number of aryl methyl sites for hydroxylation is 1. The van der Waals surface area contributed by atoms with Crippen LogP contribution in [0, 0.1) is 12.7 Å². The number of hydrogen-bond acceptors (Lipinski definition) is 4. The Kier molecular flexibility index (Phi) is 4.89. The van der Waals surface area contributed by atoms with E-state index in [1.165, 1.54) is 6.07 Å². The summed E-state index contributed by atoms with van der Waals surface area (Å²) in [6.07, 6.45) is 0. The van der Waals surface area contributed by atoms with Gasteiger partial charge in [0.15, 0.2) is 0 Å². The van der Waals surface area contributed by atoms with Gasteiger partial charge in [0, 0.05) is 22.9 Å². The molecule has 4 nitrogen and oxygen atoms in total. The minimum Gasteiger partial charge on any atom is -0.350 e. The standard InChI is InChI=1S/C21H23FN4/c1-14-10-11-16(12-17(14)22)23-19-13-18(15-8-6-5-7-9-15)24-20(25-19)26-21(2,3)4/h5-13H,1-4H3,(H2,23,24,25,26). The van der Waals surface area contributed by atoms with Gasteiger partial charge in [0.25, 0.3) is 0 Å². The van der Waals surface area contributed by atoms with Crippen molar-refractivity contribution in [2.45, 2.75) is 33.2 Å². The van der Waals surface area contributed by atoms with E-state index >= 15 is 0 Å². The lowest BCUT2D eigenvalue weighted by Gasteiger charge is -2.21. The molecule has 0 aliphatic carbocycles. The first-order valence-corrected chi connectivity index (χ1v) is 8.56. The van der Waals surface area contributed by atoms with E-state index in [-0.39, 0.29) is 11.4 Å². The first-order valence-electron chi connectivity index (χ1n) is 8.56. The smallest absolute Gasteiger partial charge is 0.225 e. The highest BCUT2D eigenvalue weighted by Gasteiger charge is 2.14. The third-order valence-electron chi connectivity index (χ3n) is 3.73. The van der Waals surface area contributed by atoms with E-state index in [2.05, 4.69) is 20.6 Å². The monoisotopic (exact) mass is 350 g/mol. The minimum atomic E-state index is -0.250. The van der Waals surface area contributed by atoms with E-state index in [9.17, 15) is 4.39 Å². The van der Waals surface area contributed by atoms with Crippen molar-refractivity contribution in [1.82, 2.24) is 9.97 Å². The quantitative estimate of drug-likeness (QED) is 0.648. The van der Waals surface area contributed by atoms with Gasteiger partial charge in [-0.1, -0.05) is 36.4 Å². The van der Waals surface area contributed by atoms with Gasteiger partial charge in [0.05, 0.1) is 5.69 Å². The van der Waals surface area contributed by atoms with Crippen LogP contribution in [0.2, 0.25) is 0 Å². The molecule has 0 amide bonds. The van der Waals surface area contributed by atoms with Crippen LogP contribution in [0.5, 0.6) is 0 Å². The second-order valence-electron chi connectivity index (χ2n) is 7.29. The zero-order chi connectivity index (χ0) is 18.7. The van der Waals surface area contributed by atoms with E-state index in [1.54, 1.807) is 13.0 Å². The van der Waals surface area contributed by atoms with Crippen molar-refractivity contribution in [1.29, 1.82) is 0 Å². The number of rotatable bonds is 4. The van der Waals surface area contributed by atoms with Crippen molar-refractivity contribution in [2.75, 3.05) is 10.6 Å². The largest absolute Gasteiger partial charge is 0.350 e. The van der Waals surface area contributed by atoms with Crippen molar-refractivity contribution >= 4 is 17.5 Å². The number of halogens is 1. The van der Waals surface area contributed by atoms with Crippen LogP contribution >= 0.6 is 0 Å². The van der Waals surface area contributed by atoms with Crippen LogP contribution in [0.25, 0.3) is 11.3 Å². The van der Waals surface area contributed by atoms with Crippen molar-refractivity contribution in [3.8, 4) is 11.3 Å². The first-order chi connectivity index (χ1) is 12.3. The van der Waals surface area contributed by atoms with Crippen LogP contribution in [-0.2, 0) is 0 Å². The van der Waals surface area contributed by atoms with Gasteiger partial charge in [-0.25, -0.2) is 9.37 Å². The molecule has 0 aliphatic heterocycles. The molecule has 1 aromatic heterocycles. The zero-order valence-corrected chi connectivity index (χ0v) is 15.5. The second-order valence-corrected chi connectivity index (χ2v) is 7.29. The molecule has 5 heteroatoms. The van der Waals surface area contributed by atoms with Gasteiger partial charge in [-0.2, -0.15) is 4.98 Å². The number of nitrogens with zero attached hydrogens (tertiary/aromatic N) is 2. The number of nitrogens with one attached hydrogen (secondary N) is 2. The molecule has 0 atom stereocenters. The van der Waals surface area contributed by atoms with E-state index in [1.807, 2.05) is 63.2 Å². The summed E-state index contributed by atoms with van der Waals surface area (Å²) >= 11 is 0. The Hall–Kier alpha value is -2.95. The van der Waals surface area contributed by atoms with Crippen LogP contribution in [-0.4, -0.2) is 15.5 Å². The summed E-state index contributed by atoms with van der Waals surface area (Å²) in [7, 11) is 0. The Labute approximate surface area is 153 Å². The van der Waals surface area contributed by atoms with Gasteiger partial charge in [0.1, 0.15) is 11.6 Å². The van der Waals surface area contributed by atoms with Crippen LogP contribution in [0.15, 0.2) is 54.6 Å². The van der Waals surface area contributed by atoms with Crippen LogP contribution in [0.3, 0.4) is 0 Å². The maximum Gasteiger partial charge on any atom is 0.225 e. The normalized spacial score (nSPS) is 11.3. The van der Waals surface area contributed by atoms with E-state index in [4.69, 9.17) is 0 Å². The highest BCUT2D eigenvalue weighted by Crippen LogP contribution is 2.25. The third-order valence-corrected chi connectivity index (χ3v) is 3.73. The second kappa shape index (κ2) is 7.12. The van der Waals surface area contributed by atoms with E-state index < -0.39 is 0 Å². The molecule has 0 fully saturated rings. The maximum atomic E-state index is 13.8. The molecule has 0 unspecified atom stereocenters. The van der Waals surface area contributed by atoms with Crippen LogP contribution < -0.4 is 10.6 Å². The summed E-state index contributed by atoms with van der Waals surface area (Å²) in [6, 6.07) is 16.8. The molecule has 0 radical (unpaired) electrons. The molecule has 0 spiro atoms. The molecule has 2 N–H and O–H groups in total. The number of aromatic nitrogens is 2. The molecule has 0 bridgehead atoms. The van der Waals surface area contributed by atoms with Crippen molar-refractivity contribution in [3.63, 3.8) is 0 Å². The Morgan fingerprint density at radius 2 is 1.65 bits per heavy atom. The fourth-order valence-corrected chi connectivity index (χ4v) is 2.48. The van der Waals surface area contributed by atoms with E-state index in [0.717, 1.165) is 11.3 Å². The summed E-state index contributed by atoms with van der Waals surface area (Å²) in [6.45, 7) is 7.89. The maximum absolute atomic E-state index is 13.8. The van der Waals surface area contributed by atoms with Gasteiger partial charge in [0.2, 0.25) is 5.95 Å². The summed E-state index contributed by atoms with van der Waals surface area (Å²) < 4.78 is 13.8. The number of benzene rings is 2. The minimum absolute atomic E-state index is 0.178. The fraction of sp³-hybridized carbons (Fsp3) is 0.238. The van der Waals surface area contributed by atoms with Crippen molar-refractivity contribution in [2.24, 2.45) is 0 Å². The Balaban J connectivity index is 2.00. The fourth-order valence-electron chi connectivity index (χ4n) is 2.48. The average Bonchev–Trinajstić information content (AvgIpc) is 2.57. The predicted octanol–water partition coefficient (Wildman–Crippen LogP) is 5.55. The molecule has 0 saturated carbocycles. The summed E-state index contributed by atoms with van der Waals surface area (Å²) in [5.41, 5.74) is 2.86. The van der Waals surface area contributed by atoms with Gasteiger partial charge in [-0.15, -0.1) is 0 Å². The van der Waals surface area contributed by atoms with Gasteiger partial charge in [-0.05, 0) is 45.4 Å². The SMILES string of the molecule is Cc1ccc(Nc2cc(-c3ccccc3)nc(NC(C)(C)C)n2)cc1F. The zero-order valence-electron chi connectivity index (χ0n) is 15.5. The van der Waals surface area contributed by atoms with Crippen molar-refractivity contribution < 1.29 is 4.39 Å². The molecular formula is C21H23FN4. The Morgan fingerprint density at radius 1 is 0.923 bits per heavy atom. The average molecular weight is 350 g/mol. The van der Waals surface area contributed by atoms with Gasteiger partial charge >= 0.3 is 0 Å². The van der Waals surface area contributed by atoms with Crippen LogP contribution in [0.4, 0.5) is 21.8 Å². The van der Waals surface area contributed by atoms with Gasteiger partial charge < -0.3 is 10.6 Å². The van der Waals surface area contributed by atoms with E-state index in [0.29, 0.717) is 23.0 Å². The molecule has 134 valence electrons. The molecule has 26 heavy (non-hydrogen) atoms. The Morgan fingerprint density at radius 3 is 2.31 bits per heavy atom. The summed E-state index contributed by atoms with van der Waals surface area (Å²) in [4.78, 5) is 9.16. The Bertz CT molecular complexity index is 902. The summed E-state index contributed by atoms with van der Waals surface area (Å²) in [5, 5.41) is 6.48. The molecule has 3 rings (SSSR count). The topological polar surface area (TPSA) is 49.8 Å². The molecule has 0 saturated heterocycles. The summed E-state index contributed by atoms with van der Waals surface area (Å²) in [5.74, 6) is 0.878. The number of hydrogen-bond donors (Lipinski definition) is 2. The molecule has 0 aliphatic rings. The number of anilines is 3. The molecular weight excluding hydrogens is 327 g/mol. The molecule has 3 aromatic rings. The highest BCUT2D eigenvalue weighted by atomic mass is 19.1. The third kappa shape index (κ3) is 4.57. The first kappa shape index (κ1) is 17.9. The lowest BCUT2D eigenvalue weighted by Crippen LogP contribution is -2.27. The lowest BCUT2D eigenvalue weighted by molar-refractivity contribution is 0.619. The highest BCUT2D eigenvalue weighted by molar-refractivity contribution is 5.67. The lowest BCUT2D eigenvalue weighted by atomic mass is 10.1. The van der Waals surface area contributed by atoms with Crippen LogP contribution in [0.1, 0.15) is 26.3 Å². The molecule has 2 aromatic carbocycles. The van der Waals surface area contributed by atoms with Crippen molar-refractivity contribution in [3.05, 3.63) is 66.0 Å². The predicted molar refractivity (Wildman–Crippen MR) is 105 cm³/mol. The molecule has 1 heterocycles. The van der Waals surface area contributed by atoms with Gasteiger partial charge in [-0.3, -0.25) is 0 Å².